The maximum Gasteiger partial charge on any atom is 0.417 e. The van der Waals surface area contributed by atoms with E-state index in [-0.39, 0.29) is 26.1 Å². The number of H-pyrrole nitrogens is 2. The van der Waals surface area contributed by atoms with E-state index in [0.717, 1.165) is 22.3 Å². The molecule has 0 aliphatic heterocycles. The molecular weight excluding hydrogens is 375 g/mol. The number of fused-ring (bicyclic) bond motifs is 3. The van der Waals surface area contributed by atoms with Gasteiger partial charge in [0.15, 0.2) is 0 Å². The van der Waals surface area contributed by atoms with Crippen molar-refractivity contribution in [3.05, 3.63) is 49.5 Å². The fraction of sp³-hybridized carbons (Fsp3) is 0.133. The molecule has 4 heterocycles. The molecule has 0 radical (unpaired) electrons. The highest BCUT2D eigenvalue weighted by atomic mass is 32.1. The van der Waals surface area contributed by atoms with Gasteiger partial charge in [-0.25, -0.2) is 9.78 Å². The molecule has 0 atom stereocenters. The zero-order valence-electron chi connectivity index (χ0n) is 12.4. The van der Waals surface area contributed by atoms with Crippen LogP contribution in [0.3, 0.4) is 0 Å². The Labute approximate surface area is 144 Å². The molecule has 0 fully saturated rings. The number of halogens is 3. The second-order valence-corrected chi connectivity index (χ2v) is 7.64. The molecule has 0 spiro atoms. The summed E-state index contributed by atoms with van der Waals surface area (Å²) in [7, 11) is 0. The van der Waals surface area contributed by atoms with Gasteiger partial charge < -0.3 is 4.98 Å². The highest BCUT2D eigenvalue weighted by Gasteiger charge is 2.35. The van der Waals surface area contributed by atoms with Crippen molar-refractivity contribution in [2.45, 2.75) is 13.1 Å². The van der Waals surface area contributed by atoms with Crippen LogP contribution in [-0.4, -0.2) is 15.0 Å². The Bertz CT molecular complexity index is 1250. The minimum Gasteiger partial charge on any atom is -0.305 e. The number of nitrogens with zero attached hydrogens (tertiary/aromatic N) is 1. The van der Waals surface area contributed by atoms with Gasteiger partial charge in [0.05, 0.1) is 21.7 Å². The maximum atomic E-state index is 13.6. The van der Waals surface area contributed by atoms with Gasteiger partial charge in [0.1, 0.15) is 9.53 Å². The first-order chi connectivity index (χ1) is 11.7. The van der Waals surface area contributed by atoms with Crippen molar-refractivity contribution in [1.29, 1.82) is 0 Å². The molecule has 5 nitrogen and oxygen atoms in total. The van der Waals surface area contributed by atoms with Crippen LogP contribution in [0.2, 0.25) is 0 Å². The molecule has 4 rings (SSSR count). The van der Waals surface area contributed by atoms with E-state index in [1.807, 2.05) is 11.9 Å². The average molecular weight is 383 g/mol. The molecule has 0 bridgehead atoms. The van der Waals surface area contributed by atoms with Gasteiger partial charge in [-0.1, -0.05) is 0 Å². The molecule has 0 saturated carbocycles. The number of pyridine rings is 1. The molecule has 0 amide bonds. The fourth-order valence-electron chi connectivity index (χ4n) is 2.60. The lowest BCUT2D eigenvalue weighted by molar-refractivity contribution is -0.136. The molecule has 2 N–H and O–H groups in total. The Morgan fingerprint density at radius 3 is 2.52 bits per heavy atom. The van der Waals surface area contributed by atoms with E-state index in [0.29, 0.717) is 4.88 Å². The average Bonchev–Trinajstić information content (AvgIpc) is 3.09. The number of alkyl halides is 3. The van der Waals surface area contributed by atoms with Gasteiger partial charge in [-0.2, -0.15) is 13.2 Å². The number of nitrogens with one attached hydrogen (secondary N) is 2. The number of hydrogen-bond acceptors (Lipinski definition) is 5. The highest BCUT2D eigenvalue weighted by molar-refractivity contribution is 7.25. The van der Waals surface area contributed by atoms with Crippen LogP contribution in [0.1, 0.15) is 10.4 Å². The molecule has 10 heteroatoms. The standard InChI is InChI=1S/C15H8F3N3O2S2/c1-5-2-3-8(24-5)7-4-6(15(16,17)18)9-10-11(25-13(9)19-7)12(22)21-14(23)20-10/h2-4H,1H3,(H2,20,21,22,23). The van der Waals surface area contributed by atoms with Gasteiger partial charge in [-0.3, -0.25) is 9.78 Å². The van der Waals surface area contributed by atoms with Gasteiger partial charge in [0.25, 0.3) is 5.56 Å². The van der Waals surface area contributed by atoms with Crippen molar-refractivity contribution >= 4 is 43.1 Å². The molecule has 0 aliphatic carbocycles. The predicted octanol–water partition coefficient (Wildman–Crippen LogP) is 3.88. The van der Waals surface area contributed by atoms with Gasteiger partial charge in [0.2, 0.25) is 0 Å². The van der Waals surface area contributed by atoms with Crippen LogP contribution >= 0.6 is 22.7 Å². The summed E-state index contributed by atoms with van der Waals surface area (Å²) < 4.78 is 40.9. The number of thiophene rings is 2. The third-order valence-electron chi connectivity index (χ3n) is 3.63. The summed E-state index contributed by atoms with van der Waals surface area (Å²) in [6.07, 6.45) is -4.66. The van der Waals surface area contributed by atoms with Crippen LogP contribution in [0.5, 0.6) is 0 Å². The van der Waals surface area contributed by atoms with Gasteiger partial charge >= 0.3 is 11.9 Å². The van der Waals surface area contributed by atoms with Crippen LogP contribution in [0.4, 0.5) is 13.2 Å². The third kappa shape index (κ3) is 2.57. The summed E-state index contributed by atoms with van der Waals surface area (Å²) in [5, 5.41) is -0.257. The molecule has 0 unspecified atom stereocenters. The second-order valence-electron chi connectivity index (χ2n) is 5.36. The molecule has 4 aromatic rings. The van der Waals surface area contributed by atoms with Crippen molar-refractivity contribution in [1.82, 2.24) is 15.0 Å². The Hall–Kier alpha value is -2.46. The van der Waals surface area contributed by atoms with E-state index in [9.17, 15) is 22.8 Å². The summed E-state index contributed by atoms with van der Waals surface area (Å²) >= 11 is 2.15. The summed E-state index contributed by atoms with van der Waals surface area (Å²) in [4.78, 5) is 33.6. The van der Waals surface area contributed by atoms with Crippen molar-refractivity contribution in [2.75, 3.05) is 0 Å². The van der Waals surface area contributed by atoms with Crippen LogP contribution in [0.15, 0.2) is 27.8 Å². The van der Waals surface area contributed by atoms with Crippen LogP contribution in [0, 0.1) is 6.92 Å². The van der Waals surface area contributed by atoms with E-state index in [4.69, 9.17) is 0 Å². The summed E-state index contributed by atoms with van der Waals surface area (Å²) in [6, 6.07) is 4.46. The van der Waals surface area contributed by atoms with Gasteiger partial charge in [-0.05, 0) is 25.1 Å². The number of aromatic amines is 2. The van der Waals surface area contributed by atoms with Gasteiger partial charge in [0, 0.05) is 10.3 Å². The van der Waals surface area contributed by atoms with Crippen molar-refractivity contribution in [2.24, 2.45) is 0 Å². The first-order valence-corrected chi connectivity index (χ1v) is 8.61. The lowest BCUT2D eigenvalue weighted by atomic mass is 10.1. The Morgan fingerprint density at radius 2 is 1.88 bits per heavy atom. The monoisotopic (exact) mass is 383 g/mol. The third-order valence-corrected chi connectivity index (χ3v) is 5.74. The van der Waals surface area contributed by atoms with Crippen molar-refractivity contribution in [3.8, 4) is 10.6 Å². The quantitative estimate of drug-likeness (QED) is 0.524. The molecule has 4 aromatic heterocycles. The van der Waals surface area contributed by atoms with E-state index >= 15 is 0 Å². The van der Waals surface area contributed by atoms with Crippen LogP contribution in [0.25, 0.3) is 31.0 Å². The molecule has 0 saturated heterocycles. The predicted molar refractivity (Wildman–Crippen MR) is 91.4 cm³/mol. The lowest BCUT2D eigenvalue weighted by Gasteiger charge is -2.10. The molecular formula is C15H8F3N3O2S2. The summed E-state index contributed by atoms with van der Waals surface area (Å²) in [5.41, 5.74) is -2.47. The minimum atomic E-state index is -4.66. The van der Waals surface area contributed by atoms with Crippen molar-refractivity contribution in [3.63, 3.8) is 0 Å². The Balaban J connectivity index is 2.18. The number of hydrogen-bond donors (Lipinski definition) is 2. The Kier molecular flexibility index (Phi) is 3.38. The molecule has 0 aliphatic rings. The Morgan fingerprint density at radius 1 is 1.12 bits per heavy atom. The lowest BCUT2D eigenvalue weighted by Crippen LogP contribution is -2.20. The molecule has 25 heavy (non-hydrogen) atoms. The van der Waals surface area contributed by atoms with Crippen molar-refractivity contribution < 1.29 is 13.2 Å². The number of rotatable bonds is 1. The normalized spacial score (nSPS) is 12.3. The number of aryl methyl sites for hydroxylation is 1. The maximum absolute atomic E-state index is 13.6. The van der Waals surface area contributed by atoms with E-state index in [2.05, 4.69) is 9.97 Å². The number of aromatic nitrogens is 3. The zero-order valence-corrected chi connectivity index (χ0v) is 14.1. The highest BCUT2D eigenvalue weighted by Crippen LogP contribution is 2.42. The summed E-state index contributed by atoms with van der Waals surface area (Å²) in [6.45, 7) is 1.85. The van der Waals surface area contributed by atoms with E-state index in [1.165, 1.54) is 11.3 Å². The molecule has 0 aromatic carbocycles. The van der Waals surface area contributed by atoms with Gasteiger partial charge in [-0.15, -0.1) is 22.7 Å². The second kappa shape index (κ2) is 5.27. The smallest absolute Gasteiger partial charge is 0.305 e. The molecule has 128 valence electrons. The van der Waals surface area contributed by atoms with E-state index in [1.54, 1.807) is 12.1 Å². The zero-order chi connectivity index (χ0) is 17.9. The van der Waals surface area contributed by atoms with Crippen LogP contribution < -0.4 is 11.2 Å². The summed E-state index contributed by atoms with van der Waals surface area (Å²) in [5.74, 6) is 0. The minimum absolute atomic E-state index is 0.00658. The first-order valence-electron chi connectivity index (χ1n) is 6.98. The first kappa shape index (κ1) is 16.0. The largest absolute Gasteiger partial charge is 0.417 e. The SMILES string of the molecule is Cc1ccc(-c2cc(C(F)(F)F)c3c(n2)sc2c(=O)[nH]c(=O)[nH]c23)s1. The fourth-order valence-corrected chi connectivity index (χ4v) is 4.48. The van der Waals surface area contributed by atoms with Crippen LogP contribution in [-0.2, 0) is 6.18 Å². The topological polar surface area (TPSA) is 78.6 Å². The van der Waals surface area contributed by atoms with E-state index < -0.39 is 23.0 Å².